The predicted octanol–water partition coefficient (Wildman–Crippen LogP) is 5.02. The summed E-state index contributed by atoms with van der Waals surface area (Å²) in [6, 6.07) is 11.9. The van der Waals surface area contributed by atoms with E-state index in [1.54, 1.807) is 0 Å². The van der Waals surface area contributed by atoms with E-state index in [1.165, 1.54) is 5.56 Å². The van der Waals surface area contributed by atoms with Crippen molar-refractivity contribution in [3.63, 3.8) is 0 Å². The van der Waals surface area contributed by atoms with Crippen LogP contribution >= 0.6 is 11.6 Å². The minimum atomic E-state index is 0.432. The number of hydrogen-bond acceptors (Lipinski definition) is 2. The number of nitrogens with two attached hydrogens (primary N) is 1. The highest BCUT2D eigenvalue weighted by Crippen LogP contribution is 2.30. The van der Waals surface area contributed by atoms with Crippen molar-refractivity contribution >= 4 is 11.6 Å². The lowest BCUT2D eigenvalue weighted by Crippen LogP contribution is -1.97. The zero-order valence-electron chi connectivity index (χ0n) is 12.1. The lowest BCUT2D eigenvalue weighted by atomic mass is 10.0. The normalized spacial score (nSPS) is 10.9. The standard InChI is InChI=1S/C17H20ClNO/c1-11(2)13-5-4-12(3)17(8-13)20-15-7-6-14(10-19)16(18)9-15/h4-9,11H,10,19H2,1-3H3. The molecule has 2 aromatic carbocycles. The van der Waals surface area contributed by atoms with Gasteiger partial charge in [0.25, 0.3) is 0 Å². The number of benzene rings is 2. The smallest absolute Gasteiger partial charge is 0.130 e. The van der Waals surface area contributed by atoms with E-state index in [4.69, 9.17) is 22.1 Å². The Morgan fingerprint density at radius 1 is 1.15 bits per heavy atom. The molecular formula is C17H20ClNO. The molecule has 2 rings (SSSR count). The first-order valence-electron chi connectivity index (χ1n) is 6.78. The molecule has 0 aromatic heterocycles. The summed E-state index contributed by atoms with van der Waals surface area (Å²) in [5.74, 6) is 2.07. The summed E-state index contributed by atoms with van der Waals surface area (Å²) in [6.07, 6.45) is 0. The highest BCUT2D eigenvalue weighted by atomic mass is 35.5. The fourth-order valence-corrected chi connectivity index (χ4v) is 2.22. The molecule has 0 fully saturated rings. The van der Waals surface area contributed by atoms with Gasteiger partial charge in [-0.25, -0.2) is 0 Å². The molecule has 3 heteroatoms. The Bertz CT molecular complexity index is 608. The Hall–Kier alpha value is -1.51. The van der Waals surface area contributed by atoms with Crippen LogP contribution < -0.4 is 10.5 Å². The van der Waals surface area contributed by atoms with Crippen LogP contribution in [0.3, 0.4) is 0 Å². The van der Waals surface area contributed by atoms with Crippen LogP contribution in [-0.2, 0) is 6.54 Å². The lowest BCUT2D eigenvalue weighted by Gasteiger charge is -2.13. The Balaban J connectivity index is 2.29. The van der Waals surface area contributed by atoms with Crippen LogP contribution in [0.25, 0.3) is 0 Å². The number of ether oxygens (including phenoxy) is 1. The third-order valence-electron chi connectivity index (χ3n) is 3.35. The molecule has 0 atom stereocenters. The molecule has 0 spiro atoms. The van der Waals surface area contributed by atoms with Gasteiger partial charge in [-0.15, -0.1) is 0 Å². The summed E-state index contributed by atoms with van der Waals surface area (Å²) in [5, 5.41) is 0.641. The fourth-order valence-electron chi connectivity index (χ4n) is 1.97. The summed E-state index contributed by atoms with van der Waals surface area (Å²) in [4.78, 5) is 0. The molecule has 2 nitrogen and oxygen atoms in total. The van der Waals surface area contributed by atoms with Crippen molar-refractivity contribution < 1.29 is 4.74 Å². The second-order valence-corrected chi connectivity index (χ2v) is 5.65. The first kappa shape index (κ1) is 14.9. The van der Waals surface area contributed by atoms with Crippen LogP contribution in [0.2, 0.25) is 5.02 Å². The maximum Gasteiger partial charge on any atom is 0.130 e. The SMILES string of the molecule is Cc1ccc(C(C)C)cc1Oc1ccc(CN)c(Cl)c1. The molecule has 2 N–H and O–H groups in total. The third-order valence-corrected chi connectivity index (χ3v) is 3.70. The maximum atomic E-state index is 6.16. The molecule has 2 aromatic rings. The molecule has 106 valence electrons. The quantitative estimate of drug-likeness (QED) is 0.857. The second-order valence-electron chi connectivity index (χ2n) is 5.24. The van der Waals surface area contributed by atoms with Crippen molar-refractivity contribution in [2.75, 3.05) is 0 Å². The van der Waals surface area contributed by atoms with Gasteiger partial charge in [-0.1, -0.05) is 43.6 Å². The van der Waals surface area contributed by atoms with Gasteiger partial charge < -0.3 is 10.5 Å². The van der Waals surface area contributed by atoms with Gasteiger partial charge in [0, 0.05) is 11.6 Å². The molecule has 0 saturated carbocycles. The summed E-state index contributed by atoms with van der Waals surface area (Å²) in [5.41, 5.74) is 8.89. The monoisotopic (exact) mass is 289 g/mol. The largest absolute Gasteiger partial charge is 0.457 e. The van der Waals surface area contributed by atoms with Crippen molar-refractivity contribution in [2.45, 2.75) is 33.2 Å². The number of halogens is 1. The molecule has 0 heterocycles. The first-order valence-corrected chi connectivity index (χ1v) is 7.16. The van der Waals surface area contributed by atoms with Crippen molar-refractivity contribution in [3.8, 4) is 11.5 Å². The lowest BCUT2D eigenvalue weighted by molar-refractivity contribution is 0.477. The molecule has 0 aliphatic rings. The Kier molecular flexibility index (Phi) is 4.69. The molecule has 0 radical (unpaired) electrons. The minimum absolute atomic E-state index is 0.432. The van der Waals surface area contributed by atoms with Gasteiger partial charge in [-0.2, -0.15) is 0 Å². The Labute approximate surface area is 125 Å². The van der Waals surface area contributed by atoms with Gasteiger partial charge in [0.2, 0.25) is 0 Å². The van der Waals surface area contributed by atoms with Crippen LogP contribution in [0.15, 0.2) is 36.4 Å². The minimum Gasteiger partial charge on any atom is -0.457 e. The summed E-state index contributed by atoms with van der Waals surface area (Å²) < 4.78 is 5.96. The van der Waals surface area contributed by atoms with Gasteiger partial charge in [0.15, 0.2) is 0 Å². The summed E-state index contributed by atoms with van der Waals surface area (Å²) >= 11 is 6.16. The third kappa shape index (κ3) is 3.33. The average Bonchev–Trinajstić information content (AvgIpc) is 2.41. The van der Waals surface area contributed by atoms with Gasteiger partial charge in [-0.3, -0.25) is 0 Å². The van der Waals surface area contributed by atoms with Crippen molar-refractivity contribution in [1.29, 1.82) is 0 Å². The van der Waals surface area contributed by atoms with E-state index in [0.717, 1.165) is 22.6 Å². The van der Waals surface area contributed by atoms with E-state index >= 15 is 0 Å². The molecule has 0 aliphatic heterocycles. The van der Waals surface area contributed by atoms with Gasteiger partial charge in [0.1, 0.15) is 11.5 Å². The molecule has 0 amide bonds. The highest BCUT2D eigenvalue weighted by Gasteiger charge is 2.07. The Morgan fingerprint density at radius 3 is 2.50 bits per heavy atom. The van der Waals surface area contributed by atoms with Crippen molar-refractivity contribution in [3.05, 3.63) is 58.1 Å². The van der Waals surface area contributed by atoms with E-state index in [9.17, 15) is 0 Å². The van der Waals surface area contributed by atoms with Gasteiger partial charge in [0.05, 0.1) is 0 Å². The van der Waals surface area contributed by atoms with Crippen LogP contribution in [-0.4, -0.2) is 0 Å². The van der Waals surface area contributed by atoms with E-state index in [2.05, 4.69) is 32.0 Å². The molecule has 0 aliphatic carbocycles. The summed E-state index contributed by atoms with van der Waals surface area (Å²) in [6.45, 7) is 6.80. The first-order chi connectivity index (χ1) is 9.51. The van der Waals surface area contributed by atoms with Crippen LogP contribution in [0, 0.1) is 6.92 Å². The van der Waals surface area contributed by atoms with Crippen LogP contribution in [0.4, 0.5) is 0 Å². The molecular weight excluding hydrogens is 270 g/mol. The average molecular weight is 290 g/mol. The van der Waals surface area contributed by atoms with Crippen molar-refractivity contribution in [2.24, 2.45) is 5.73 Å². The van der Waals surface area contributed by atoms with E-state index in [0.29, 0.717) is 17.5 Å². The molecule has 0 saturated heterocycles. The highest BCUT2D eigenvalue weighted by molar-refractivity contribution is 6.31. The van der Waals surface area contributed by atoms with Crippen LogP contribution in [0.1, 0.15) is 36.5 Å². The Morgan fingerprint density at radius 2 is 1.90 bits per heavy atom. The zero-order valence-corrected chi connectivity index (χ0v) is 12.9. The maximum absolute atomic E-state index is 6.16. The number of rotatable bonds is 4. The number of hydrogen-bond donors (Lipinski definition) is 1. The summed E-state index contributed by atoms with van der Waals surface area (Å²) in [7, 11) is 0. The molecule has 0 bridgehead atoms. The fraction of sp³-hybridized carbons (Fsp3) is 0.294. The van der Waals surface area contributed by atoms with E-state index in [-0.39, 0.29) is 0 Å². The zero-order chi connectivity index (χ0) is 14.7. The van der Waals surface area contributed by atoms with E-state index < -0.39 is 0 Å². The molecule has 20 heavy (non-hydrogen) atoms. The topological polar surface area (TPSA) is 35.2 Å². The van der Waals surface area contributed by atoms with Crippen molar-refractivity contribution in [1.82, 2.24) is 0 Å². The second kappa shape index (κ2) is 6.29. The predicted molar refractivity (Wildman–Crippen MR) is 84.7 cm³/mol. The van der Waals surface area contributed by atoms with Crippen LogP contribution in [0.5, 0.6) is 11.5 Å². The van der Waals surface area contributed by atoms with E-state index in [1.807, 2.05) is 25.1 Å². The van der Waals surface area contributed by atoms with Gasteiger partial charge in [-0.05, 0) is 47.7 Å². The molecule has 0 unspecified atom stereocenters. The van der Waals surface area contributed by atoms with Gasteiger partial charge >= 0.3 is 0 Å². The number of aryl methyl sites for hydroxylation is 1.